The molecule has 0 amide bonds. The first-order valence-electron chi connectivity index (χ1n) is 3.52. The van der Waals surface area contributed by atoms with Crippen molar-refractivity contribution >= 4 is 5.97 Å². The minimum Gasteiger partial charge on any atom is -0.501 e. The van der Waals surface area contributed by atoms with Gasteiger partial charge < -0.3 is 9.47 Å². The number of carbonyl (C=O) groups excluding carboxylic acids is 1. The van der Waals surface area contributed by atoms with Crippen LogP contribution in [-0.4, -0.2) is 19.2 Å². The molecular weight excluding hydrogens is 158 g/mol. The molecule has 0 fully saturated rings. The van der Waals surface area contributed by atoms with Crippen molar-refractivity contribution in [3.63, 3.8) is 0 Å². The van der Waals surface area contributed by atoms with Crippen LogP contribution in [0.2, 0.25) is 0 Å². The maximum atomic E-state index is 10.5. The number of ether oxygens (including phenoxy) is 2. The number of hydrogen-bond donors (Lipinski definition) is 0. The van der Waals surface area contributed by atoms with Crippen LogP contribution in [0.4, 0.5) is 0 Å². The number of carbonyl (C=O) groups is 1. The van der Waals surface area contributed by atoms with E-state index in [-0.39, 0.29) is 5.97 Å². The van der Waals surface area contributed by atoms with Gasteiger partial charge >= 0.3 is 5.97 Å². The van der Waals surface area contributed by atoms with Crippen molar-refractivity contribution in [2.75, 3.05) is 13.2 Å². The van der Waals surface area contributed by atoms with E-state index in [4.69, 9.17) is 10.00 Å². The van der Waals surface area contributed by atoms with Crippen LogP contribution in [0.1, 0.15) is 13.8 Å². The monoisotopic (exact) mass is 171 g/mol. The van der Waals surface area contributed by atoms with E-state index in [0.717, 1.165) is 0 Å². The highest BCUT2D eigenvalue weighted by Crippen LogP contribution is 1.81. The molecule has 0 aliphatic rings. The Morgan fingerprint density at radius 2 is 2.00 bits per heavy atom. The summed E-state index contributed by atoms with van der Waals surface area (Å²) >= 11 is 0. The van der Waals surface area contributed by atoms with Crippen LogP contribution in [0.15, 0.2) is 12.3 Å². The number of nitriles is 1. The van der Waals surface area contributed by atoms with Gasteiger partial charge in [0.15, 0.2) is 0 Å². The predicted molar refractivity (Wildman–Crippen MR) is 44.1 cm³/mol. The molecule has 0 aromatic rings. The maximum Gasteiger partial charge on any atom is 0.333 e. The largest absolute Gasteiger partial charge is 0.501 e. The van der Waals surface area contributed by atoms with E-state index in [1.165, 1.54) is 12.3 Å². The molecule has 0 atom stereocenters. The van der Waals surface area contributed by atoms with Gasteiger partial charge in [-0.05, 0) is 13.8 Å². The first-order valence-corrected chi connectivity index (χ1v) is 3.52. The van der Waals surface area contributed by atoms with Gasteiger partial charge in [-0.2, -0.15) is 0 Å². The van der Waals surface area contributed by atoms with E-state index < -0.39 is 0 Å². The summed E-state index contributed by atoms with van der Waals surface area (Å²) in [5.41, 5.74) is 0. The lowest BCUT2D eigenvalue weighted by Gasteiger charge is -1.94. The second-order valence-corrected chi connectivity index (χ2v) is 1.51. The number of nitrogens with zero attached hydrogens (tertiary/aromatic N) is 1. The summed E-state index contributed by atoms with van der Waals surface area (Å²) in [6, 6.07) is 0. The minimum atomic E-state index is -0.365. The van der Waals surface area contributed by atoms with E-state index >= 15 is 0 Å². The highest BCUT2D eigenvalue weighted by Gasteiger charge is 1.90. The molecule has 12 heavy (non-hydrogen) atoms. The van der Waals surface area contributed by atoms with Crippen LogP contribution in [0, 0.1) is 11.8 Å². The van der Waals surface area contributed by atoms with E-state index in [9.17, 15) is 4.79 Å². The third-order valence-corrected chi connectivity index (χ3v) is 0.754. The second-order valence-electron chi connectivity index (χ2n) is 1.51. The Bertz CT molecular complexity index is 152. The normalized spacial score (nSPS) is 8.33. The van der Waals surface area contributed by atoms with E-state index in [1.807, 2.05) is 6.92 Å². The number of hydrogen-bond acceptors (Lipinski definition) is 4. The van der Waals surface area contributed by atoms with Gasteiger partial charge in [0.25, 0.3) is 0 Å². The summed E-state index contributed by atoms with van der Waals surface area (Å²) in [5, 5.41) is 6.50. The summed E-state index contributed by atoms with van der Waals surface area (Å²) in [6.07, 6.45) is 2.59. The molecule has 0 rings (SSSR count). The molecule has 0 aromatic heterocycles. The van der Waals surface area contributed by atoms with Crippen molar-refractivity contribution in [2.24, 2.45) is 0 Å². The average Bonchev–Trinajstić information content (AvgIpc) is 2.09. The Morgan fingerprint density at radius 3 is 2.42 bits per heavy atom. The molecule has 68 valence electrons. The molecule has 0 saturated carbocycles. The molecule has 4 heteroatoms. The van der Waals surface area contributed by atoms with Gasteiger partial charge in [-0.1, -0.05) is 0 Å². The fourth-order valence-electron chi connectivity index (χ4n) is 0.390. The fraction of sp³-hybridized carbons (Fsp3) is 0.500. The van der Waals surface area contributed by atoms with Gasteiger partial charge in [0.1, 0.15) is 0 Å². The molecule has 0 heterocycles. The molecule has 0 aliphatic heterocycles. The zero-order chi connectivity index (χ0) is 9.82. The topological polar surface area (TPSA) is 59.3 Å². The van der Waals surface area contributed by atoms with E-state index in [1.54, 1.807) is 6.92 Å². The van der Waals surface area contributed by atoms with Gasteiger partial charge in [-0.25, -0.2) is 10.1 Å². The molecule has 0 unspecified atom stereocenters. The number of rotatable bonds is 4. The quantitative estimate of drug-likeness (QED) is 0.362. The van der Waals surface area contributed by atoms with Gasteiger partial charge in [0.2, 0.25) is 0 Å². The summed E-state index contributed by atoms with van der Waals surface area (Å²) in [5.74, 6) is -0.365. The average molecular weight is 171 g/mol. The molecule has 0 saturated heterocycles. The van der Waals surface area contributed by atoms with Gasteiger partial charge in [0.05, 0.1) is 25.6 Å². The molecular formula is C8H13NO3. The summed E-state index contributed by atoms with van der Waals surface area (Å²) in [4.78, 5) is 10.5. The first-order chi connectivity index (χ1) is 5.81. The lowest BCUT2D eigenvalue weighted by molar-refractivity contribution is -0.137. The Morgan fingerprint density at radius 1 is 1.42 bits per heavy atom. The lowest BCUT2D eigenvalue weighted by Crippen LogP contribution is -1.99. The molecule has 0 N–H and O–H groups in total. The van der Waals surface area contributed by atoms with Crippen LogP contribution < -0.4 is 0 Å². The van der Waals surface area contributed by atoms with E-state index in [2.05, 4.69) is 11.3 Å². The number of esters is 1. The van der Waals surface area contributed by atoms with E-state index in [0.29, 0.717) is 13.2 Å². The third kappa shape index (κ3) is 11.3. The summed E-state index contributed by atoms with van der Waals surface area (Å²) in [7, 11) is 0. The molecule has 0 bridgehead atoms. The first kappa shape index (κ1) is 13.1. The molecule has 0 aromatic carbocycles. The Balaban J connectivity index is 0. The highest BCUT2D eigenvalue weighted by atomic mass is 16.5. The van der Waals surface area contributed by atoms with Gasteiger partial charge in [-0.15, -0.1) is 0 Å². The Labute approximate surface area is 72.4 Å². The third-order valence-electron chi connectivity index (χ3n) is 0.754. The molecule has 0 spiro atoms. The van der Waals surface area contributed by atoms with Gasteiger partial charge in [-0.3, -0.25) is 0 Å². The van der Waals surface area contributed by atoms with Crippen LogP contribution in [-0.2, 0) is 14.3 Å². The van der Waals surface area contributed by atoms with Crippen LogP contribution >= 0.6 is 0 Å². The van der Waals surface area contributed by atoms with Gasteiger partial charge in [0, 0.05) is 6.57 Å². The van der Waals surface area contributed by atoms with Crippen molar-refractivity contribution in [2.45, 2.75) is 13.8 Å². The van der Waals surface area contributed by atoms with Crippen LogP contribution in [0.3, 0.4) is 0 Å². The minimum absolute atomic E-state index is 0.365. The zero-order valence-corrected chi connectivity index (χ0v) is 7.32. The Hall–Kier alpha value is -1.50. The Kier molecular flexibility index (Phi) is 13.3. The molecule has 0 aliphatic carbocycles. The SMILES string of the molecule is C#N.CCO/C=C/C(=O)OCC. The van der Waals surface area contributed by atoms with Crippen LogP contribution in [0.5, 0.6) is 0 Å². The van der Waals surface area contributed by atoms with Crippen molar-refractivity contribution < 1.29 is 14.3 Å². The zero-order valence-electron chi connectivity index (χ0n) is 7.32. The maximum absolute atomic E-state index is 10.5. The summed E-state index contributed by atoms with van der Waals surface area (Å²) in [6.45, 7) is 8.06. The highest BCUT2D eigenvalue weighted by molar-refractivity contribution is 5.81. The van der Waals surface area contributed by atoms with Crippen molar-refractivity contribution in [3.8, 4) is 6.57 Å². The molecule has 0 radical (unpaired) electrons. The van der Waals surface area contributed by atoms with Crippen molar-refractivity contribution in [3.05, 3.63) is 12.3 Å². The van der Waals surface area contributed by atoms with Crippen LogP contribution in [0.25, 0.3) is 0 Å². The molecule has 4 nitrogen and oxygen atoms in total. The predicted octanol–water partition coefficient (Wildman–Crippen LogP) is 1.24. The fourth-order valence-corrected chi connectivity index (χ4v) is 0.390. The van der Waals surface area contributed by atoms with Crippen molar-refractivity contribution in [1.82, 2.24) is 0 Å². The van der Waals surface area contributed by atoms with Crippen molar-refractivity contribution in [1.29, 1.82) is 5.26 Å². The summed E-state index contributed by atoms with van der Waals surface area (Å²) < 4.78 is 9.35. The lowest BCUT2D eigenvalue weighted by atomic mass is 10.6. The standard InChI is InChI=1S/C7H12O3.CHN/c1-3-9-6-5-7(8)10-4-2;1-2/h5-6H,3-4H2,1-2H3;1H/b6-5+;. The second kappa shape index (κ2) is 12.2. The smallest absolute Gasteiger partial charge is 0.333 e.